The summed E-state index contributed by atoms with van der Waals surface area (Å²) in [5.41, 5.74) is 0. The zero-order valence-electron chi connectivity index (χ0n) is 22.0. The van der Waals surface area contributed by atoms with E-state index in [4.69, 9.17) is 4.74 Å². The molecular weight excluding hydrogens is 486 g/mol. The van der Waals surface area contributed by atoms with E-state index in [9.17, 15) is 24.0 Å². The summed E-state index contributed by atoms with van der Waals surface area (Å²) >= 11 is 0. The molecule has 0 aromatic carbocycles. The number of unbranched alkanes of at least 4 members (excludes halogenated alkanes) is 1. The molecule has 3 heterocycles. The number of likely N-dealkylation sites (tertiary alicyclic amines) is 2. The van der Waals surface area contributed by atoms with Crippen molar-refractivity contribution in [1.29, 1.82) is 0 Å². The summed E-state index contributed by atoms with van der Waals surface area (Å²) in [5, 5.41) is 2.96. The summed E-state index contributed by atoms with van der Waals surface area (Å²) in [5.74, 6) is -0.140. The van der Waals surface area contributed by atoms with Crippen LogP contribution < -0.4 is 5.32 Å². The normalized spacial score (nSPS) is 41.5. The van der Waals surface area contributed by atoms with E-state index in [2.05, 4.69) is 5.32 Å². The molecule has 7 aliphatic rings. The Bertz CT molecular complexity index is 999. The van der Waals surface area contributed by atoms with Crippen LogP contribution in [0.5, 0.6) is 0 Å². The predicted octanol–water partition coefficient (Wildman–Crippen LogP) is 1.88. The molecule has 5 amide bonds. The van der Waals surface area contributed by atoms with Crippen LogP contribution in [-0.4, -0.2) is 71.2 Å². The maximum atomic E-state index is 13.5. The molecule has 10 atom stereocenters. The molecule has 4 bridgehead atoms. The highest BCUT2D eigenvalue weighted by atomic mass is 16.5. The summed E-state index contributed by atoms with van der Waals surface area (Å²) in [4.78, 5) is 69.2. The minimum atomic E-state index is -0.846. The van der Waals surface area contributed by atoms with Gasteiger partial charge in [-0.25, -0.2) is 0 Å². The Morgan fingerprint density at radius 1 is 0.789 bits per heavy atom. The molecule has 7 rings (SSSR count). The van der Waals surface area contributed by atoms with Crippen LogP contribution in [0.2, 0.25) is 0 Å². The molecule has 0 radical (unpaired) electrons. The lowest BCUT2D eigenvalue weighted by Crippen LogP contribution is -2.51. The number of hydrogen-bond acceptors (Lipinski definition) is 6. The van der Waals surface area contributed by atoms with Gasteiger partial charge in [0, 0.05) is 19.7 Å². The molecule has 0 spiro atoms. The minimum Gasteiger partial charge on any atom is -0.376 e. The lowest BCUT2D eigenvalue weighted by Gasteiger charge is -2.28. The maximum Gasteiger partial charge on any atom is 0.243 e. The summed E-state index contributed by atoms with van der Waals surface area (Å²) in [7, 11) is 0. The quantitative estimate of drug-likeness (QED) is 0.363. The molecule has 3 saturated heterocycles. The van der Waals surface area contributed by atoms with Gasteiger partial charge in [-0.15, -0.1) is 0 Å². The number of nitrogens with one attached hydrogen (secondary N) is 1. The Hall–Kier alpha value is -2.29. The number of hydrogen-bond donors (Lipinski definition) is 1. The van der Waals surface area contributed by atoms with Gasteiger partial charge in [0.25, 0.3) is 0 Å². The molecule has 4 saturated carbocycles. The van der Waals surface area contributed by atoms with Crippen LogP contribution >= 0.6 is 0 Å². The summed E-state index contributed by atoms with van der Waals surface area (Å²) < 4.78 is 5.64. The van der Waals surface area contributed by atoms with Crippen LogP contribution in [0.4, 0.5) is 0 Å². The molecular formula is C29H39N3O6. The fourth-order valence-electron chi connectivity index (χ4n) is 9.55. The summed E-state index contributed by atoms with van der Waals surface area (Å²) in [6.45, 7) is 1.42. The first kappa shape index (κ1) is 24.7. The van der Waals surface area contributed by atoms with E-state index in [1.807, 2.05) is 0 Å². The van der Waals surface area contributed by atoms with E-state index in [-0.39, 0.29) is 71.1 Å². The van der Waals surface area contributed by atoms with E-state index >= 15 is 0 Å². The van der Waals surface area contributed by atoms with Crippen LogP contribution in [0.25, 0.3) is 0 Å². The summed E-state index contributed by atoms with van der Waals surface area (Å²) in [6.07, 6.45) is 9.38. The van der Waals surface area contributed by atoms with Crippen molar-refractivity contribution in [2.75, 3.05) is 19.7 Å². The number of amides is 5. The van der Waals surface area contributed by atoms with Gasteiger partial charge in [0.2, 0.25) is 29.5 Å². The minimum absolute atomic E-state index is 0.00810. The van der Waals surface area contributed by atoms with Crippen LogP contribution in [-0.2, 0) is 28.7 Å². The molecule has 4 aliphatic carbocycles. The van der Waals surface area contributed by atoms with Crippen LogP contribution in [0.1, 0.15) is 70.6 Å². The highest BCUT2D eigenvalue weighted by Crippen LogP contribution is 2.57. The van der Waals surface area contributed by atoms with Gasteiger partial charge in [0.05, 0.1) is 29.8 Å². The van der Waals surface area contributed by atoms with Crippen LogP contribution in [0, 0.1) is 47.3 Å². The number of nitrogens with zero attached hydrogens (tertiary/aromatic N) is 2. The average molecular weight is 526 g/mol. The van der Waals surface area contributed by atoms with Gasteiger partial charge >= 0.3 is 0 Å². The average Bonchev–Trinajstić information content (AvgIpc) is 3.76. The Morgan fingerprint density at radius 3 is 1.87 bits per heavy atom. The molecule has 38 heavy (non-hydrogen) atoms. The lowest BCUT2D eigenvalue weighted by atomic mass is 9.81. The Morgan fingerprint density at radius 2 is 1.34 bits per heavy atom. The third-order valence-electron chi connectivity index (χ3n) is 11.2. The van der Waals surface area contributed by atoms with Crippen LogP contribution in [0.15, 0.2) is 0 Å². The SMILES string of the molecule is O=C(NC[C@@H]1CCCO1)[C@H](CCCCN1C(=O)[C@@H]2[C@H]3CC[C@@H](C3)[C@@H]2C1=O)N1C(=O)[C@@H]2[C@H]3CC[C@@H](C3)[C@H]2C1=O. The number of carbonyl (C=O) groups is 5. The number of fused-ring (bicyclic) bond motifs is 10. The highest BCUT2D eigenvalue weighted by Gasteiger charge is 2.63. The van der Waals surface area contributed by atoms with E-state index in [0.717, 1.165) is 51.4 Å². The van der Waals surface area contributed by atoms with Crippen molar-refractivity contribution in [3.63, 3.8) is 0 Å². The molecule has 206 valence electrons. The third kappa shape index (κ3) is 3.70. The first-order valence-electron chi connectivity index (χ1n) is 15.1. The third-order valence-corrected chi connectivity index (χ3v) is 11.2. The second-order valence-corrected chi connectivity index (χ2v) is 13.0. The van der Waals surface area contributed by atoms with E-state index in [1.54, 1.807) is 0 Å². The van der Waals surface area contributed by atoms with Gasteiger partial charge in [0.1, 0.15) is 6.04 Å². The van der Waals surface area contributed by atoms with Crippen molar-refractivity contribution in [2.45, 2.75) is 82.8 Å². The smallest absolute Gasteiger partial charge is 0.243 e. The molecule has 0 aromatic rings. The number of carbonyl (C=O) groups excluding carboxylic acids is 5. The lowest BCUT2D eigenvalue weighted by molar-refractivity contribution is -0.149. The molecule has 0 unspecified atom stereocenters. The highest BCUT2D eigenvalue weighted by molar-refractivity contribution is 6.09. The van der Waals surface area contributed by atoms with Crippen molar-refractivity contribution < 1.29 is 28.7 Å². The second kappa shape index (κ2) is 9.42. The first-order chi connectivity index (χ1) is 18.4. The van der Waals surface area contributed by atoms with Gasteiger partial charge < -0.3 is 10.1 Å². The van der Waals surface area contributed by atoms with Crippen molar-refractivity contribution in [3.05, 3.63) is 0 Å². The Labute approximate surface area is 223 Å². The molecule has 7 fully saturated rings. The number of imide groups is 2. The largest absolute Gasteiger partial charge is 0.376 e. The van der Waals surface area contributed by atoms with Crippen molar-refractivity contribution in [1.82, 2.24) is 15.1 Å². The number of ether oxygens (including phenoxy) is 1. The van der Waals surface area contributed by atoms with Crippen LogP contribution in [0.3, 0.4) is 0 Å². The standard InChI is InChI=1S/C29H39N3O6/c33-25(30-14-19-4-3-11-38-19)20(32-28(36)23-17-8-9-18(13-17)24(23)29(32)37)5-1-2-10-31-26(34)21-15-6-7-16(12-15)22(21)27(31)35/h15-24H,1-14H2,(H,30,33)/t15-,16-,17-,18-,19-,20-,21-,22+,23+,24+/m0/s1. The van der Waals surface area contributed by atoms with Gasteiger partial charge in [-0.05, 0) is 94.3 Å². The number of rotatable bonds is 9. The second-order valence-electron chi connectivity index (χ2n) is 13.0. The van der Waals surface area contributed by atoms with Gasteiger partial charge in [-0.1, -0.05) is 0 Å². The molecule has 3 aliphatic heterocycles. The molecule has 9 heteroatoms. The van der Waals surface area contributed by atoms with Gasteiger partial charge in [-0.2, -0.15) is 0 Å². The van der Waals surface area contributed by atoms with E-state index < -0.39 is 6.04 Å². The topological polar surface area (TPSA) is 113 Å². The fraction of sp³-hybridized carbons (Fsp3) is 0.828. The van der Waals surface area contributed by atoms with Crippen molar-refractivity contribution >= 4 is 29.5 Å². The Balaban J connectivity index is 1.01. The zero-order valence-corrected chi connectivity index (χ0v) is 22.0. The zero-order chi connectivity index (χ0) is 26.1. The predicted molar refractivity (Wildman–Crippen MR) is 134 cm³/mol. The van der Waals surface area contributed by atoms with Crippen molar-refractivity contribution in [3.8, 4) is 0 Å². The molecule has 0 aromatic heterocycles. The monoisotopic (exact) mass is 525 g/mol. The van der Waals surface area contributed by atoms with Gasteiger partial charge in [0.15, 0.2) is 0 Å². The van der Waals surface area contributed by atoms with E-state index in [0.29, 0.717) is 50.8 Å². The molecule has 9 nitrogen and oxygen atoms in total. The fourth-order valence-corrected chi connectivity index (χ4v) is 9.55. The van der Waals surface area contributed by atoms with Crippen molar-refractivity contribution in [2.24, 2.45) is 47.3 Å². The Kier molecular flexibility index (Phi) is 6.13. The molecule has 1 N–H and O–H groups in total. The summed E-state index contributed by atoms with van der Waals surface area (Å²) in [6, 6.07) is -0.846. The first-order valence-corrected chi connectivity index (χ1v) is 15.1. The maximum absolute atomic E-state index is 13.5. The van der Waals surface area contributed by atoms with E-state index in [1.165, 1.54) is 9.80 Å². The van der Waals surface area contributed by atoms with Gasteiger partial charge in [-0.3, -0.25) is 33.8 Å².